The SMILES string of the molecule is O=c1[nH]c(F)nc2c1ncn2[C@@H]1O[C@H](CO)[C@@H](OP(O)(O)=S)[C@H]1O. The van der Waals surface area contributed by atoms with E-state index in [0.717, 1.165) is 10.9 Å². The Labute approximate surface area is 137 Å². The second-order valence-corrected chi connectivity index (χ2v) is 7.60. The summed E-state index contributed by atoms with van der Waals surface area (Å²) in [6.07, 6.45) is -5.36. The summed E-state index contributed by atoms with van der Waals surface area (Å²) < 4.78 is 24.6. The number of rotatable bonds is 4. The lowest BCUT2D eigenvalue weighted by atomic mass is 10.1. The lowest BCUT2D eigenvalue weighted by Crippen LogP contribution is -2.35. The topological polar surface area (TPSA) is 163 Å². The van der Waals surface area contributed by atoms with E-state index in [9.17, 15) is 29.2 Å². The summed E-state index contributed by atoms with van der Waals surface area (Å²) in [5.74, 6) is 0. The summed E-state index contributed by atoms with van der Waals surface area (Å²) in [5.41, 5.74) is -1.21. The third kappa shape index (κ3) is 3.12. The fraction of sp³-hybridized carbons (Fsp3) is 0.500. The number of aliphatic hydroxyl groups is 2. The highest BCUT2D eigenvalue weighted by Gasteiger charge is 2.47. The molecule has 1 aliphatic heterocycles. The third-order valence-corrected chi connectivity index (χ3v) is 4.20. The van der Waals surface area contributed by atoms with E-state index in [4.69, 9.17) is 9.26 Å². The van der Waals surface area contributed by atoms with Crippen LogP contribution in [0.1, 0.15) is 6.23 Å². The summed E-state index contributed by atoms with van der Waals surface area (Å²) in [7, 11) is 0. The van der Waals surface area contributed by atoms with E-state index < -0.39 is 49.5 Å². The molecule has 11 nitrogen and oxygen atoms in total. The van der Waals surface area contributed by atoms with Crippen molar-refractivity contribution in [3.63, 3.8) is 0 Å². The van der Waals surface area contributed by atoms with Gasteiger partial charge < -0.3 is 24.7 Å². The number of aromatic nitrogens is 4. The molecule has 0 bridgehead atoms. The van der Waals surface area contributed by atoms with Gasteiger partial charge in [-0.05, 0) is 11.8 Å². The van der Waals surface area contributed by atoms with Gasteiger partial charge in [0.15, 0.2) is 17.4 Å². The van der Waals surface area contributed by atoms with Gasteiger partial charge in [-0.15, -0.1) is 0 Å². The summed E-state index contributed by atoms with van der Waals surface area (Å²) >= 11 is 4.35. The van der Waals surface area contributed by atoms with Crippen LogP contribution in [0.15, 0.2) is 11.1 Å². The van der Waals surface area contributed by atoms with Crippen molar-refractivity contribution in [3.8, 4) is 0 Å². The normalized spacial score (nSPS) is 27.9. The number of nitrogens with one attached hydrogen (secondary N) is 1. The molecule has 0 unspecified atom stereocenters. The van der Waals surface area contributed by atoms with Crippen LogP contribution in [0.2, 0.25) is 0 Å². The Morgan fingerprint density at radius 3 is 2.88 bits per heavy atom. The molecule has 2 aromatic rings. The molecule has 0 amide bonds. The highest BCUT2D eigenvalue weighted by Crippen LogP contribution is 2.44. The van der Waals surface area contributed by atoms with Crippen LogP contribution in [-0.2, 0) is 21.1 Å². The lowest BCUT2D eigenvalue weighted by Gasteiger charge is -2.21. The smallest absolute Gasteiger partial charge is 0.322 e. The van der Waals surface area contributed by atoms with Crippen molar-refractivity contribution in [2.45, 2.75) is 24.5 Å². The van der Waals surface area contributed by atoms with Gasteiger partial charge in [0.1, 0.15) is 18.3 Å². The second kappa shape index (κ2) is 6.20. The molecule has 14 heteroatoms. The van der Waals surface area contributed by atoms with Crippen molar-refractivity contribution in [2.75, 3.05) is 6.61 Å². The predicted molar refractivity (Wildman–Crippen MR) is 78.7 cm³/mol. The van der Waals surface area contributed by atoms with Crippen molar-refractivity contribution >= 4 is 29.7 Å². The number of aromatic amines is 1. The summed E-state index contributed by atoms with van der Waals surface area (Å²) in [4.78, 5) is 39.2. The van der Waals surface area contributed by atoms with E-state index in [1.54, 1.807) is 0 Å². The monoisotopic (exact) mass is 382 g/mol. The van der Waals surface area contributed by atoms with Gasteiger partial charge in [0, 0.05) is 0 Å². The van der Waals surface area contributed by atoms with Crippen LogP contribution < -0.4 is 5.56 Å². The molecule has 132 valence electrons. The van der Waals surface area contributed by atoms with Crippen LogP contribution in [-0.4, -0.2) is 64.4 Å². The number of ether oxygens (including phenoxy) is 1. The maximum absolute atomic E-state index is 13.3. The van der Waals surface area contributed by atoms with E-state index >= 15 is 0 Å². The van der Waals surface area contributed by atoms with Gasteiger partial charge in [-0.2, -0.15) is 9.37 Å². The minimum absolute atomic E-state index is 0.188. The highest BCUT2D eigenvalue weighted by molar-refractivity contribution is 8.06. The standard InChI is InChI=1S/C10H12FN4O7PS/c11-10-13-7-4(8(18)14-10)12-2-15(7)9-5(17)6(3(1-16)21-9)22-23(19,20)24/h2-3,5-6,9,16-17H,1H2,(H,13,14,18)(H2,19,20,24)/t3-,5-,6-,9-/m1/s1. The molecular formula is C10H12FN4O7PS. The molecule has 4 atom stereocenters. The Bertz CT molecular complexity index is 868. The molecule has 0 spiro atoms. The molecule has 1 saturated heterocycles. The van der Waals surface area contributed by atoms with Crippen LogP contribution in [0, 0.1) is 6.08 Å². The molecule has 1 fully saturated rings. The number of imidazole rings is 1. The Balaban J connectivity index is 2.01. The van der Waals surface area contributed by atoms with E-state index in [2.05, 4.69) is 21.8 Å². The van der Waals surface area contributed by atoms with Crippen molar-refractivity contribution in [2.24, 2.45) is 0 Å². The zero-order chi connectivity index (χ0) is 17.6. The summed E-state index contributed by atoms with van der Waals surface area (Å²) in [6, 6.07) is 0. The van der Waals surface area contributed by atoms with E-state index in [0.29, 0.717) is 0 Å². The Morgan fingerprint density at radius 2 is 2.25 bits per heavy atom. The molecule has 0 saturated carbocycles. The van der Waals surface area contributed by atoms with Gasteiger partial charge in [0.25, 0.3) is 11.6 Å². The number of nitrogens with zero attached hydrogens (tertiary/aromatic N) is 3. The molecule has 3 rings (SSSR count). The van der Waals surface area contributed by atoms with Gasteiger partial charge in [-0.25, -0.2) is 4.98 Å². The van der Waals surface area contributed by atoms with Gasteiger partial charge in [-0.3, -0.25) is 18.9 Å². The maximum Gasteiger partial charge on any atom is 0.322 e. The number of hydrogen-bond acceptors (Lipinski definition) is 8. The van der Waals surface area contributed by atoms with Crippen LogP contribution in [0.4, 0.5) is 4.39 Å². The first-order valence-electron chi connectivity index (χ1n) is 6.52. The van der Waals surface area contributed by atoms with Gasteiger partial charge >= 0.3 is 6.72 Å². The molecule has 5 N–H and O–H groups in total. The fourth-order valence-corrected chi connectivity index (χ4v) is 3.35. The zero-order valence-corrected chi connectivity index (χ0v) is 13.4. The van der Waals surface area contributed by atoms with Crippen LogP contribution >= 0.6 is 6.72 Å². The highest BCUT2D eigenvalue weighted by atomic mass is 32.5. The molecule has 0 aromatic carbocycles. The quantitative estimate of drug-likeness (QED) is 0.298. The average Bonchev–Trinajstić information content (AvgIpc) is 3.00. The Hall–Kier alpha value is -1.31. The minimum atomic E-state index is -4.14. The van der Waals surface area contributed by atoms with Crippen molar-refractivity contribution in [1.82, 2.24) is 19.5 Å². The molecule has 1 aliphatic rings. The second-order valence-electron chi connectivity index (χ2n) is 4.98. The van der Waals surface area contributed by atoms with Gasteiger partial charge in [0.05, 0.1) is 12.9 Å². The first kappa shape index (κ1) is 17.5. The van der Waals surface area contributed by atoms with Crippen molar-refractivity contribution < 1.29 is 33.7 Å². The van der Waals surface area contributed by atoms with Crippen LogP contribution in [0.25, 0.3) is 11.2 Å². The number of aliphatic hydroxyl groups excluding tert-OH is 2. The van der Waals surface area contributed by atoms with Crippen LogP contribution in [0.3, 0.4) is 0 Å². The molecule has 0 aliphatic carbocycles. The van der Waals surface area contributed by atoms with Crippen LogP contribution in [0.5, 0.6) is 0 Å². The average molecular weight is 382 g/mol. The van der Waals surface area contributed by atoms with E-state index in [-0.39, 0.29) is 11.2 Å². The molecule has 3 heterocycles. The summed E-state index contributed by atoms with van der Waals surface area (Å²) in [5, 5.41) is 19.6. The van der Waals surface area contributed by atoms with Crippen molar-refractivity contribution in [1.29, 1.82) is 0 Å². The lowest BCUT2D eigenvalue weighted by molar-refractivity contribution is -0.0506. The molecule has 0 radical (unpaired) electrons. The van der Waals surface area contributed by atoms with Gasteiger partial charge in [-0.1, -0.05) is 0 Å². The Morgan fingerprint density at radius 1 is 1.54 bits per heavy atom. The number of H-pyrrole nitrogens is 1. The Kier molecular flexibility index (Phi) is 4.53. The van der Waals surface area contributed by atoms with Gasteiger partial charge in [0.2, 0.25) is 0 Å². The molecular weight excluding hydrogens is 370 g/mol. The molecule has 24 heavy (non-hydrogen) atoms. The first-order valence-corrected chi connectivity index (χ1v) is 9.14. The molecule has 2 aromatic heterocycles. The van der Waals surface area contributed by atoms with E-state index in [1.165, 1.54) is 0 Å². The van der Waals surface area contributed by atoms with Crippen molar-refractivity contribution in [3.05, 3.63) is 22.8 Å². The number of halogens is 1. The largest absolute Gasteiger partial charge is 0.394 e. The minimum Gasteiger partial charge on any atom is -0.394 e. The fourth-order valence-electron chi connectivity index (χ4n) is 2.47. The zero-order valence-electron chi connectivity index (χ0n) is 11.7. The maximum atomic E-state index is 13.3. The van der Waals surface area contributed by atoms with E-state index in [1.807, 2.05) is 4.98 Å². The number of fused-ring (bicyclic) bond motifs is 1. The third-order valence-electron chi connectivity index (χ3n) is 3.43. The number of hydrogen-bond donors (Lipinski definition) is 5. The first-order chi connectivity index (χ1) is 11.2. The predicted octanol–water partition coefficient (Wildman–Crippen LogP) is -1.90. The summed E-state index contributed by atoms with van der Waals surface area (Å²) in [6.45, 7) is -4.77.